The first-order valence-electron chi connectivity index (χ1n) is 11.3. The summed E-state index contributed by atoms with van der Waals surface area (Å²) < 4.78 is 16.3. The van der Waals surface area contributed by atoms with E-state index < -0.39 is 0 Å². The van der Waals surface area contributed by atoms with E-state index in [-0.39, 0.29) is 25.2 Å². The highest BCUT2D eigenvalue weighted by Gasteiger charge is 2.16. The van der Waals surface area contributed by atoms with Crippen molar-refractivity contribution in [2.45, 2.75) is 105 Å². The lowest BCUT2D eigenvalue weighted by Crippen LogP contribution is -2.11. The van der Waals surface area contributed by atoms with Gasteiger partial charge < -0.3 is 14.2 Å². The molecule has 0 N–H and O–H groups in total. The van der Waals surface area contributed by atoms with Crippen molar-refractivity contribution in [1.29, 1.82) is 0 Å². The second-order valence-electron chi connectivity index (χ2n) is 7.77. The van der Waals surface area contributed by atoms with Crippen LogP contribution in [-0.4, -0.2) is 23.5 Å². The molecule has 1 heterocycles. The zero-order valence-corrected chi connectivity index (χ0v) is 19.3. The van der Waals surface area contributed by atoms with Gasteiger partial charge in [-0.3, -0.25) is 14.6 Å². The van der Waals surface area contributed by atoms with E-state index in [0.717, 1.165) is 18.5 Å². The van der Waals surface area contributed by atoms with Gasteiger partial charge in [0.2, 0.25) is 0 Å². The number of carbonyl (C=O) groups excluding carboxylic acids is 2. The first kappa shape index (κ1) is 25.9. The van der Waals surface area contributed by atoms with Gasteiger partial charge >= 0.3 is 11.9 Å². The predicted molar refractivity (Wildman–Crippen MR) is 117 cm³/mol. The van der Waals surface area contributed by atoms with Crippen molar-refractivity contribution in [3.05, 3.63) is 23.0 Å². The van der Waals surface area contributed by atoms with E-state index in [2.05, 4.69) is 11.9 Å². The summed E-state index contributed by atoms with van der Waals surface area (Å²) in [6, 6.07) is 0. The van der Waals surface area contributed by atoms with Gasteiger partial charge in [-0.05, 0) is 13.3 Å². The number of unbranched alkanes of at least 4 members (excludes halogenated alkanes) is 9. The predicted octanol–water partition coefficient (Wildman–Crippen LogP) is 5.82. The molecular formula is C24H39NO5. The van der Waals surface area contributed by atoms with Crippen LogP contribution < -0.4 is 4.74 Å². The molecule has 0 saturated carbocycles. The fraction of sp³-hybridized carbons (Fsp3) is 0.708. The third kappa shape index (κ3) is 11.2. The van der Waals surface area contributed by atoms with Crippen molar-refractivity contribution < 1.29 is 23.8 Å². The number of aromatic nitrogens is 1. The fourth-order valence-electron chi connectivity index (χ4n) is 3.27. The van der Waals surface area contributed by atoms with Crippen molar-refractivity contribution in [2.24, 2.45) is 0 Å². The van der Waals surface area contributed by atoms with Crippen LogP contribution in [0.2, 0.25) is 0 Å². The molecule has 0 aliphatic carbocycles. The first-order valence-corrected chi connectivity index (χ1v) is 11.3. The molecule has 0 aromatic carbocycles. The quantitative estimate of drug-likeness (QED) is 0.247. The van der Waals surface area contributed by atoms with Crippen LogP contribution >= 0.6 is 0 Å². The molecule has 0 radical (unpaired) electrons. The second kappa shape index (κ2) is 15.7. The Bertz CT molecular complexity index is 645. The average Bonchev–Trinajstić information content (AvgIpc) is 2.70. The maximum absolute atomic E-state index is 11.3. The Morgan fingerprint density at radius 3 is 1.93 bits per heavy atom. The van der Waals surface area contributed by atoms with Gasteiger partial charge in [0.25, 0.3) is 0 Å². The van der Waals surface area contributed by atoms with Crippen LogP contribution in [0.4, 0.5) is 0 Å². The van der Waals surface area contributed by atoms with E-state index in [9.17, 15) is 9.59 Å². The monoisotopic (exact) mass is 421 g/mol. The fourth-order valence-corrected chi connectivity index (χ4v) is 3.27. The SMILES string of the molecule is CCCCCCCCCCCCOc1c(C)ncc(COC(C)=O)c1COC(C)=O. The standard InChI is InChI=1S/C24H39NO5/c1-5-6-7-8-9-10-11-12-13-14-15-28-24-19(2)25-16-22(17-29-20(3)26)23(24)18-30-21(4)27/h16H,5-15,17-18H2,1-4H3. The molecule has 0 unspecified atom stereocenters. The number of esters is 2. The summed E-state index contributed by atoms with van der Waals surface area (Å²) in [5.41, 5.74) is 2.14. The van der Waals surface area contributed by atoms with Crippen LogP contribution in [0.3, 0.4) is 0 Å². The zero-order chi connectivity index (χ0) is 22.2. The van der Waals surface area contributed by atoms with Gasteiger partial charge in [-0.25, -0.2) is 0 Å². The third-order valence-corrected chi connectivity index (χ3v) is 5.00. The van der Waals surface area contributed by atoms with Gasteiger partial charge in [0, 0.05) is 31.2 Å². The number of aryl methyl sites for hydroxylation is 1. The molecule has 30 heavy (non-hydrogen) atoms. The highest BCUT2D eigenvalue weighted by Crippen LogP contribution is 2.27. The molecule has 0 fully saturated rings. The number of ether oxygens (including phenoxy) is 3. The highest BCUT2D eigenvalue weighted by atomic mass is 16.5. The van der Waals surface area contributed by atoms with Crippen LogP contribution in [0.5, 0.6) is 5.75 Å². The van der Waals surface area contributed by atoms with E-state index in [1.54, 1.807) is 6.20 Å². The largest absolute Gasteiger partial charge is 0.491 e. The van der Waals surface area contributed by atoms with Crippen molar-refractivity contribution >= 4 is 11.9 Å². The number of hydrogen-bond donors (Lipinski definition) is 0. The van der Waals surface area contributed by atoms with Crippen molar-refractivity contribution in [1.82, 2.24) is 4.98 Å². The van der Waals surface area contributed by atoms with Crippen LogP contribution in [0.15, 0.2) is 6.20 Å². The molecule has 0 aliphatic heterocycles. The Hall–Kier alpha value is -2.11. The number of carbonyl (C=O) groups is 2. The Morgan fingerprint density at radius 2 is 1.37 bits per heavy atom. The summed E-state index contributed by atoms with van der Waals surface area (Å²) in [7, 11) is 0. The number of rotatable bonds is 16. The molecular weight excluding hydrogens is 382 g/mol. The lowest BCUT2D eigenvalue weighted by molar-refractivity contribution is -0.144. The summed E-state index contributed by atoms with van der Waals surface area (Å²) in [6.07, 6.45) is 14.3. The molecule has 0 saturated heterocycles. The van der Waals surface area contributed by atoms with Crippen LogP contribution in [0, 0.1) is 6.92 Å². The maximum Gasteiger partial charge on any atom is 0.302 e. The molecule has 0 atom stereocenters. The highest BCUT2D eigenvalue weighted by molar-refractivity contribution is 5.66. The first-order chi connectivity index (χ1) is 14.5. The minimum Gasteiger partial charge on any atom is -0.491 e. The average molecular weight is 422 g/mol. The topological polar surface area (TPSA) is 74.7 Å². The summed E-state index contributed by atoms with van der Waals surface area (Å²) in [4.78, 5) is 26.8. The van der Waals surface area contributed by atoms with E-state index >= 15 is 0 Å². The summed E-state index contributed by atoms with van der Waals surface area (Å²) in [5.74, 6) is -0.123. The molecule has 0 amide bonds. The second-order valence-corrected chi connectivity index (χ2v) is 7.77. The summed E-state index contributed by atoms with van der Waals surface area (Å²) >= 11 is 0. The van der Waals surface area contributed by atoms with Crippen LogP contribution in [0.25, 0.3) is 0 Å². The van der Waals surface area contributed by atoms with Gasteiger partial charge in [-0.15, -0.1) is 0 Å². The van der Waals surface area contributed by atoms with Gasteiger partial charge in [-0.2, -0.15) is 0 Å². The molecule has 170 valence electrons. The Labute approximate surface area is 181 Å². The lowest BCUT2D eigenvalue weighted by Gasteiger charge is -2.17. The zero-order valence-electron chi connectivity index (χ0n) is 19.3. The molecule has 0 spiro atoms. The van der Waals surface area contributed by atoms with Gasteiger partial charge in [0.05, 0.1) is 12.3 Å². The smallest absolute Gasteiger partial charge is 0.302 e. The number of pyridine rings is 1. The van der Waals surface area contributed by atoms with E-state index in [1.165, 1.54) is 65.2 Å². The molecule has 0 bridgehead atoms. The Morgan fingerprint density at radius 1 is 0.833 bits per heavy atom. The third-order valence-electron chi connectivity index (χ3n) is 5.00. The lowest BCUT2D eigenvalue weighted by atomic mass is 10.1. The molecule has 1 rings (SSSR count). The van der Waals surface area contributed by atoms with Gasteiger partial charge in [0.1, 0.15) is 19.0 Å². The van der Waals surface area contributed by atoms with Crippen LogP contribution in [0.1, 0.15) is 102 Å². The maximum atomic E-state index is 11.3. The molecule has 0 aliphatic rings. The number of nitrogens with zero attached hydrogens (tertiary/aromatic N) is 1. The Kier molecular flexibility index (Phi) is 13.6. The minimum absolute atomic E-state index is 0.0721. The van der Waals surface area contributed by atoms with E-state index in [4.69, 9.17) is 14.2 Å². The molecule has 1 aromatic heterocycles. The summed E-state index contributed by atoms with van der Waals surface area (Å²) in [6.45, 7) is 7.57. The molecule has 6 nitrogen and oxygen atoms in total. The van der Waals surface area contributed by atoms with Gasteiger partial charge in [0.15, 0.2) is 0 Å². The van der Waals surface area contributed by atoms with Gasteiger partial charge in [-0.1, -0.05) is 64.7 Å². The summed E-state index contributed by atoms with van der Waals surface area (Å²) in [5, 5.41) is 0. The van der Waals surface area contributed by atoms with Crippen molar-refractivity contribution in [3.8, 4) is 5.75 Å². The minimum atomic E-state index is -0.373. The molecule has 1 aromatic rings. The van der Waals surface area contributed by atoms with E-state index in [0.29, 0.717) is 23.5 Å². The number of hydrogen-bond acceptors (Lipinski definition) is 6. The van der Waals surface area contributed by atoms with Crippen LogP contribution in [-0.2, 0) is 32.3 Å². The van der Waals surface area contributed by atoms with Crippen molar-refractivity contribution in [3.63, 3.8) is 0 Å². The van der Waals surface area contributed by atoms with Crippen molar-refractivity contribution in [2.75, 3.05) is 6.61 Å². The molecule has 6 heteroatoms. The Balaban J connectivity index is 2.49. The van der Waals surface area contributed by atoms with E-state index in [1.807, 2.05) is 6.92 Å². The normalized spacial score (nSPS) is 10.7.